The molecule has 0 saturated carbocycles. The minimum absolute atomic E-state index is 0.399. The third-order valence-electron chi connectivity index (χ3n) is 5.09. The Labute approximate surface area is 170 Å². The molecule has 4 rings (SSSR count). The summed E-state index contributed by atoms with van der Waals surface area (Å²) in [6.07, 6.45) is 5.33. The summed E-state index contributed by atoms with van der Waals surface area (Å²) in [5.41, 5.74) is 4.90. The maximum atomic E-state index is 6.02. The summed E-state index contributed by atoms with van der Waals surface area (Å²) in [4.78, 5) is 13.2. The molecule has 2 aromatic heterocycles. The molecule has 0 aliphatic carbocycles. The van der Waals surface area contributed by atoms with Gasteiger partial charge in [0.05, 0.1) is 16.7 Å². The molecule has 0 unspecified atom stereocenters. The highest BCUT2D eigenvalue weighted by Gasteiger charge is 2.28. The average molecular weight is 398 g/mol. The summed E-state index contributed by atoms with van der Waals surface area (Å²) in [7, 11) is 0. The summed E-state index contributed by atoms with van der Waals surface area (Å²) < 4.78 is 0. The molecule has 3 aromatic rings. The number of benzene rings is 1. The molecule has 0 bridgehead atoms. The van der Waals surface area contributed by atoms with Gasteiger partial charge in [-0.05, 0) is 75.0 Å². The second kappa shape index (κ2) is 8.09. The van der Waals surface area contributed by atoms with Gasteiger partial charge in [0.15, 0.2) is 0 Å². The van der Waals surface area contributed by atoms with E-state index in [-0.39, 0.29) is 0 Å². The predicted molar refractivity (Wildman–Crippen MR) is 112 cm³/mol. The molecule has 5 heteroatoms. The monoisotopic (exact) mass is 397 g/mol. The standard InChI is InChI=1S/C22H24ClN3S/c1-15-10-18(11-17-5-7-19(23)8-6-17)12-21(25-15)22-4-3-9-26(22)14-20-13-24-16(2)27-20/h5-8,10,12-13,22H,3-4,9,11,14H2,1-2H3/t22-/m1/s1. The fourth-order valence-electron chi connectivity index (χ4n) is 3.91. The van der Waals surface area contributed by atoms with E-state index in [1.165, 1.54) is 34.5 Å². The number of aromatic nitrogens is 2. The maximum Gasteiger partial charge on any atom is 0.0897 e. The number of nitrogens with zero attached hydrogens (tertiary/aromatic N) is 3. The van der Waals surface area contributed by atoms with Crippen LogP contribution in [0.5, 0.6) is 0 Å². The van der Waals surface area contributed by atoms with Gasteiger partial charge in [-0.15, -0.1) is 11.3 Å². The Morgan fingerprint density at radius 1 is 1.15 bits per heavy atom. The fourth-order valence-corrected chi connectivity index (χ4v) is 4.85. The molecule has 1 fully saturated rings. The Kier molecular flexibility index (Phi) is 5.58. The van der Waals surface area contributed by atoms with Crippen LogP contribution in [0.15, 0.2) is 42.6 Å². The van der Waals surface area contributed by atoms with Gasteiger partial charge in [-0.25, -0.2) is 4.98 Å². The average Bonchev–Trinajstić information content (AvgIpc) is 3.26. The predicted octanol–water partition coefficient (Wildman–Crippen LogP) is 5.74. The first kappa shape index (κ1) is 18.6. The van der Waals surface area contributed by atoms with E-state index in [1.54, 1.807) is 11.3 Å². The molecule has 27 heavy (non-hydrogen) atoms. The van der Waals surface area contributed by atoms with E-state index in [0.29, 0.717) is 6.04 Å². The molecule has 0 N–H and O–H groups in total. The van der Waals surface area contributed by atoms with E-state index in [4.69, 9.17) is 16.6 Å². The van der Waals surface area contributed by atoms with Crippen molar-refractivity contribution in [2.24, 2.45) is 0 Å². The smallest absolute Gasteiger partial charge is 0.0897 e. The van der Waals surface area contributed by atoms with Gasteiger partial charge < -0.3 is 0 Å². The van der Waals surface area contributed by atoms with Crippen molar-refractivity contribution in [2.45, 2.75) is 45.7 Å². The molecular weight excluding hydrogens is 374 g/mol. The third-order valence-corrected chi connectivity index (χ3v) is 6.24. The molecule has 3 heterocycles. The van der Waals surface area contributed by atoms with Crippen molar-refractivity contribution in [1.29, 1.82) is 0 Å². The molecular formula is C22H24ClN3S. The minimum atomic E-state index is 0.399. The van der Waals surface area contributed by atoms with Gasteiger partial charge in [-0.1, -0.05) is 23.7 Å². The third kappa shape index (κ3) is 4.57. The van der Waals surface area contributed by atoms with Gasteiger partial charge >= 0.3 is 0 Å². The van der Waals surface area contributed by atoms with Crippen LogP contribution in [0.4, 0.5) is 0 Å². The lowest BCUT2D eigenvalue weighted by Crippen LogP contribution is -2.23. The lowest BCUT2D eigenvalue weighted by molar-refractivity contribution is 0.246. The number of hydrogen-bond donors (Lipinski definition) is 0. The van der Waals surface area contributed by atoms with E-state index in [9.17, 15) is 0 Å². The Balaban J connectivity index is 1.55. The summed E-state index contributed by atoms with van der Waals surface area (Å²) in [6, 6.07) is 13.0. The van der Waals surface area contributed by atoms with Crippen LogP contribution in [-0.4, -0.2) is 21.4 Å². The zero-order chi connectivity index (χ0) is 18.8. The highest BCUT2D eigenvalue weighted by molar-refractivity contribution is 7.11. The van der Waals surface area contributed by atoms with E-state index in [1.807, 2.05) is 18.3 Å². The first-order valence-electron chi connectivity index (χ1n) is 9.44. The molecule has 1 aliphatic rings. The second-order valence-corrected chi connectivity index (χ2v) is 9.07. The number of pyridine rings is 1. The van der Waals surface area contributed by atoms with Crippen molar-refractivity contribution in [3.63, 3.8) is 0 Å². The quantitative estimate of drug-likeness (QED) is 0.550. The van der Waals surface area contributed by atoms with Crippen molar-refractivity contribution in [2.75, 3.05) is 6.54 Å². The van der Waals surface area contributed by atoms with Crippen molar-refractivity contribution in [1.82, 2.24) is 14.9 Å². The van der Waals surface area contributed by atoms with Crippen LogP contribution in [0.1, 0.15) is 51.3 Å². The van der Waals surface area contributed by atoms with Crippen LogP contribution in [0.3, 0.4) is 0 Å². The van der Waals surface area contributed by atoms with Crippen LogP contribution in [0.2, 0.25) is 5.02 Å². The molecule has 1 atom stereocenters. The van der Waals surface area contributed by atoms with Crippen molar-refractivity contribution in [3.8, 4) is 0 Å². The van der Waals surface area contributed by atoms with Crippen molar-refractivity contribution < 1.29 is 0 Å². The van der Waals surface area contributed by atoms with E-state index >= 15 is 0 Å². The van der Waals surface area contributed by atoms with Crippen molar-refractivity contribution in [3.05, 3.63) is 80.0 Å². The minimum Gasteiger partial charge on any atom is -0.290 e. The zero-order valence-corrected chi connectivity index (χ0v) is 17.4. The van der Waals surface area contributed by atoms with Gasteiger partial charge in [-0.3, -0.25) is 9.88 Å². The summed E-state index contributed by atoms with van der Waals surface area (Å²) in [6.45, 7) is 6.27. The van der Waals surface area contributed by atoms with E-state index in [0.717, 1.165) is 35.2 Å². The van der Waals surface area contributed by atoms with Crippen LogP contribution in [-0.2, 0) is 13.0 Å². The number of hydrogen-bond acceptors (Lipinski definition) is 4. The molecule has 0 spiro atoms. The number of halogens is 1. The zero-order valence-electron chi connectivity index (χ0n) is 15.8. The largest absolute Gasteiger partial charge is 0.290 e. The lowest BCUT2D eigenvalue weighted by Gasteiger charge is -2.24. The summed E-state index contributed by atoms with van der Waals surface area (Å²) in [5, 5.41) is 1.92. The first-order chi connectivity index (χ1) is 13.1. The van der Waals surface area contributed by atoms with E-state index < -0.39 is 0 Å². The van der Waals surface area contributed by atoms with Crippen LogP contribution < -0.4 is 0 Å². The van der Waals surface area contributed by atoms with Gasteiger partial charge in [0.25, 0.3) is 0 Å². The Hall–Kier alpha value is -1.75. The normalized spacial score (nSPS) is 17.5. The number of likely N-dealkylation sites (tertiary alicyclic amines) is 1. The Morgan fingerprint density at radius 3 is 2.70 bits per heavy atom. The van der Waals surface area contributed by atoms with Gasteiger partial charge in [0.2, 0.25) is 0 Å². The lowest BCUT2D eigenvalue weighted by atomic mass is 10.0. The molecule has 1 aliphatic heterocycles. The molecule has 1 aromatic carbocycles. The van der Waals surface area contributed by atoms with E-state index in [2.05, 4.69) is 48.0 Å². The number of aryl methyl sites for hydroxylation is 2. The molecule has 0 radical (unpaired) electrons. The molecule has 140 valence electrons. The first-order valence-corrected chi connectivity index (χ1v) is 10.6. The number of thiazole rings is 1. The molecule has 1 saturated heterocycles. The topological polar surface area (TPSA) is 29.0 Å². The van der Waals surface area contributed by atoms with Gasteiger partial charge in [0, 0.05) is 28.3 Å². The van der Waals surface area contributed by atoms with Gasteiger partial charge in [0.1, 0.15) is 0 Å². The molecule has 3 nitrogen and oxygen atoms in total. The Morgan fingerprint density at radius 2 is 1.96 bits per heavy atom. The second-order valence-electron chi connectivity index (χ2n) is 7.32. The van der Waals surface area contributed by atoms with Crippen LogP contribution >= 0.6 is 22.9 Å². The highest BCUT2D eigenvalue weighted by atomic mass is 35.5. The van der Waals surface area contributed by atoms with Crippen LogP contribution in [0, 0.1) is 13.8 Å². The highest BCUT2D eigenvalue weighted by Crippen LogP contribution is 2.33. The maximum absolute atomic E-state index is 6.02. The molecule has 0 amide bonds. The van der Waals surface area contributed by atoms with Crippen LogP contribution in [0.25, 0.3) is 0 Å². The Bertz CT molecular complexity index is 920. The van der Waals surface area contributed by atoms with Crippen molar-refractivity contribution >= 4 is 22.9 Å². The summed E-state index contributed by atoms with van der Waals surface area (Å²) in [5.74, 6) is 0. The number of rotatable bonds is 5. The SMILES string of the molecule is Cc1cc(Cc2ccc(Cl)cc2)cc([C@H]2CCCN2Cc2cnc(C)s2)n1. The fraction of sp³-hybridized carbons (Fsp3) is 0.364. The van der Waals surface area contributed by atoms with Gasteiger partial charge in [-0.2, -0.15) is 0 Å². The summed E-state index contributed by atoms with van der Waals surface area (Å²) >= 11 is 7.81.